The fraction of sp³-hybridized carbons (Fsp3) is 0.688. The number of rotatable bonds is 6. The maximum Gasteiger partial charge on any atom is 0.252 e. The van der Waals surface area contributed by atoms with Crippen LogP contribution in [0.2, 0.25) is 0 Å². The Balaban J connectivity index is 2.15. The molecule has 0 spiro atoms. The quantitative estimate of drug-likeness (QED) is 0.822. The predicted octanol–water partition coefficient (Wildman–Crippen LogP) is 1.69. The summed E-state index contributed by atoms with van der Waals surface area (Å²) in [5.74, 6) is -0.412. The molecule has 24 heavy (non-hydrogen) atoms. The maximum atomic E-state index is 12.8. The van der Waals surface area contributed by atoms with E-state index < -0.39 is 10.0 Å². The van der Waals surface area contributed by atoms with Crippen LogP contribution in [0.4, 0.5) is 0 Å². The zero-order chi connectivity index (χ0) is 17.9. The maximum absolute atomic E-state index is 12.8. The van der Waals surface area contributed by atoms with Crippen LogP contribution < -0.4 is 0 Å². The van der Waals surface area contributed by atoms with Gasteiger partial charge in [0.15, 0.2) is 0 Å². The molecule has 1 fully saturated rings. The van der Waals surface area contributed by atoms with Gasteiger partial charge >= 0.3 is 0 Å². The monoisotopic (exact) mass is 374 g/mol. The highest BCUT2D eigenvalue weighted by molar-refractivity contribution is 7.91. The molecule has 0 saturated carbocycles. The molecule has 0 bridgehead atoms. The number of thiophene rings is 1. The lowest BCUT2D eigenvalue weighted by Crippen LogP contribution is -2.49. The van der Waals surface area contributed by atoms with Crippen molar-refractivity contribution in [1.82, 2.24) is 9.21 Å². The van der Waals surface area contributed by atoms with Crippen molar-refractivity contribution < 1.29 is 18.3 Å². The molecule has 1 amide bonds. The van der Waals surface area contributed by atoms with Gasteiger partial charge in [0.25, 0.3) is 10.0 Å². The van der Waals surface area contributed by atoms with Gasteiger partial charge in [0.2, 0.25) is 5.91 Å². The van der Waals surface area contributed by atoms with Gasteiger partial charge in [-0.05, 0) is 45.7 Å². The highest BCUT2D eigenvalue weighted by Gasteiger charge is 2.36. The van der Waals surface area contributed by atoms with Crippen molar-refractivity contribution in [2.45, 2.75) is 43.9 Å². The van der Waals surface area contributed by atoms with E-state index in [1.165, 1.54) is 15.6 Å². The zero-order valence-electron chi connectivity index (χ0n) is 14.4. The number of aryl methyl sites for hydroxylation is 1. The Bertz CT molecular complexity index is 669. The molecule has 1 saturated heterocycles. The number of hydrogen-bond donors (Lipinski definition) is 1. The highest BCUT2D eigenvalue weighted by Crippen LogP contribution is 2.29. The number of carbonyl (C=O) groups excluding carboxylic acids is 1. The molecule has 0 aromatic carbocycles. The van der Waals surface area contributed by atoms with Gasteiger partial charge in [0.05, 0.1) is 12.5 Å². The summed E-state index contributed by atoms with van der Waals surface area (Å²) in [7, 11) is -3.53. The first-order valence-electron chi connectivity index (χ1n) is 8.25. The second-order valence-corrected chi connectivity index (χ2v) is 9.87. The highest BCUT2D eigenvalue weighted by atomic mass is 32.2. The van der Waals surface area contributed by atoms with Gasteiger partial charge in [-0.2, -0.15) is 4.31 Å². The molecule has 1 aromatic rings. The molecule has 0 unspecified atom stereocenters. The third-order valence-corrected chi connectivity index (χ3v) is 7.62. The lowest BCUT2D eigenvalue weighted by Gasteiger charge is -2.35. The summed E-state index contributed by atoms with van der Waals surface area (Å²) < 4.78 is 27.3. The Labute approximate surface area is 148 Å². The molecule has 6 nitrogen and oxygen atoms in total. The van der Waals surface area contributed by atoms with E-state index >= 15 is 0 Å². The van der Waals surface area contributed by atoms with Crippen molar-refractivity contribution in [1.29, 1.82) is 0 Å². The van der Waals surface area contributed by atoms with Gasteiger partial charge in [-0.1, -0.05) is 0 Å². The van der Waals surface area contributed by atoms with Crippen LogP contribution in [0.5, 0.6) is 0 Å². The van der Waals surface area contributed by atoms with Crippen LogP contribution in [-0.4, -0.2) is 60.9 Å². The standard InChI is InChI=1S/C16H26N2O4S2/c1-12(2)18(9-10-19)16(20)14-5-4-8-17(11-14)24(21,22)15-7-6-13(3)23-15/h6-7,12,14,19H,4-5,8-11H2,1-3H3/t14-/m1/s1. The Morgan fingerprint density at radius 2 is 2.17 bits per heavy atom. The smallest absolute Gasteiger partial charge is 0.252 e. The lowest BCUT2D eigenvalue weighted by molar-refractivity contribution is -0.139. The molecule has 1 atom stereocenters. The number of hydrogen-bond acceptors (Lipinski definition) is 5. The fourth-order valence-electron chi connectivity index (χ4n) is 3.01. The number of amides is 1. The van der Waals surface area contributed by atoms with Crippen molar-refractivity contribution >= 4 is 27.3 Å². The first-order valence-corrected chi connectivity index (χ1v) is 10.5. The number of carbonyl (C=O) groups is 1. The number of aliphatic hydroxyl groups is 1. The summed E-state index contributed by atoms with van der Waals surface area (Å²) >= 11 is 1.26. The molecule has 136 valence electrons. The van der Waals surface area contributed by atoms with E-state index in [-0.39, 0.29) is 37.6 Å². The first-order chi connectivity index (χ1) is 11.3. The molecule has 2 rings (SSSR count). The Morgan fingerprint density at radius 1 is 1.46 bits per heavy atom. The summed E-state index contributed by atoms with van der Waals surface area (Å²) in [6.07, 6.45) is 1.36. The van der Waals surface area contributed by atoms with Crippen LogP contribution in [0.3, 0.4) is 0 Å². The van der Waals surface area contributed by atoms with Crippen LogP contribution in [0.15, 0.2) is 16.3 Å². The molecule has 0 radical (unpaired) electrons. The van der Waals surface area contributed by atoms with Crippen molar-refractivity contribution in [3.63, 3.8) is 0 Å². The summed E-state index contributed by atoms with van der Waals surface area (Å²) in [6.45, 7) is 6.54. The second kappa shape index (κ2) is 7.95. The third kappa shape index (κ3) is 4.17. The summed E-state index contributed by atoms with van der Waals surface area (Å²) in [4.78, 5) is 15.3. The minimum Gasteiger partial charge on any atom is -0.395 e. The van der Waals surface area contributed by atoms with E-state index in [0.717, 1.165) is 4.88 Å². The summed E-state index contributed by atoms with van der Waals surface area (Å²) in [6, 6.07) is 3.41. The number of aliphatic hydroxyl groups excluding tert-OH is 1. The van der Waals surface area contributed by atoms with Gasteiger partial charge < -0.3 is 10.0 Å². The number of piperidine rings is 1. The van der Waals surface area contributed by atoms with Crippen LogP contribution in [0.25, 0.3) is 0 Å². The largest absolute Gasteiger partial charge is 0.395 e. The Morgan fingerprint density at radius 3 is 2.71 bits per heavy atom. The molecule has 2 heterocycles. The lowest BCUT2D eigenvalue weighted by atomic mass is 9.97. The summed E-state index contributed by atoms with van der Waals surface area (Å²) in [5, 5.41) is 9.17. The van der Waals surface area contributed by atoms with E-state index in [4.69, 9.17) is 5.11 Å². The van der Waals surface area contributed by atoms with E-state index in [1.54, 1.807) is 17.0 Å². The second-order valence-electron chi connectivity index (χ2n) is 6.42. The van der Waals surface area contributed by atoms with E-state index in [2.05, 4.69) is 0 Å². The van der Waals surface area contributed by atoms with Crippen molar-refractivity contribution in [3.8, 4) is 0 Å². The zero-order valence-corrected chi connectivity index (χ0v) is 16.1. The molecule has 1 aliphatic rings. The Hall–Kier alpha value is -0.960. The fourth-order valence-corrected chi connectivity index (χ4v) is 5.97. The molecule has 1 aromatic heterocycles. The van der Waals surface area contributed by atoms with Crippen LogP contribution in [-0.2, 0) is 14.8 Å². The molecule has 8 heteroatoms. The van der Waals surface area contributed by atoms with E-state index in [9.17, 15) is 13.2 Å². The van der Waals surface area contributed by atoms with Crippen LogP contribution in [0.1, 0.15) is 31.6 Å². The Kier molecular flexibility index (Phi) is 6.41. The van der Waals surface area contributed by atoms with Gasteiger partial charge in [-0.15, -0.1) is 11.3 Å². The average Bonchev–Trinajstić information content (AvgIpc) is 2.99. The minimum absolute atomic E-state index is 0.0171. The average molecular weight is 375 g/mol. The van der Waals surface area contributed by atoms with Gasteiger partial charge in [0, 0.05) is 30.6 Å². The van der Waals surface area contributed by atoms with Crippen molar-refractivity contribution in [2.75, 3.05) is 26.2 Å². The molecular formula is C16H26N2O4S2. The first kappa shape index (κ1) is 19.4. The molecule has 0 aliphatic carbocycles. The van der Waals surface area contributed by atoms with E-state index in [1.807, 2.05) is 20.8 Å². The van der Waals surface area contributed by atoms with Gasteiger partial charge in [-0.25, -0.2) is 8.42 Å². The van der Waals surface area contributed by atoms with Gasteiger partial charge in [0.1, 0.15) is 4.21 Å². The normalized spacial score (nSPS) is 19.6. The number of nitrogens with zero attached hydrogens (tertiary/aromatic N) is 2. The summed E-state index contributed by atoms with van der Waals surface area (Å²) in [5.41, 5.74) is 0. The van der Waals surface area contributed by atoms with Crippen molar-refractivity contribution in [3.05, 3.63) is 17.0 Å². The third-order valence-electron chi connectivity index (χ3n) is 4.29. The minimum atomic E-state index is -3.53. The van der Waals surface area contributed by atoms with Crippen LogP contribution >= 0.6 is 11.3 Å². The molecule has 1 N–H and O–H groups in total. The SMILES string of the molecule is Cc1ccc(S(=O)(=O)N2CCC[C@@H](C(=O)N(CCO)C(C)C)C2)s1. The predicted molar refractivity (Wildman–Crippen MR) is 94.5 cm³/mol. The van der Waals surface area contributed by atoms with Crippen LogP contribution in [0, 0.1) is 12.8 Å². The topological polar surface area (TPSA) is 77.9 Å². The molecular weight excluding hydrogens is 348 g/mol. The van der Waals surface area contributed by atoms with Crippen molar-refractivity contribution in [2.24, 2.45) is 5.92 Å². The van der Waals surface area contributed by atoms with Gasteiger partial charge in [-0.3, -0.25) is 4.79 Å². The van der Waals surface area contributed by atoms with E-state index in [0.29, 0.717) is 23.6 Å². The number of sulfonamides is 1. The molecule has 1 aliphatic heterocycles.